The summed E-state index contributed by atoms with van der Waals surface area (Å²) in [7, 11) is 0. The highest BCUT2D eigenvalue weighted by Crippen LogP contribution is 2.39. The molecule has 47 heavy (non-hydrogen) atoms. The van der Waals surface area contributed by atoms with Crippen molar-refractivity contribution in [3.8, 4) is 44.5 Å². The van der Waals surface area contributed by atoms with Crippen molar-refractivity contribution in [2.24, 2.45) is 0 Å². The van der Waals surface area contributed by atoms with Crippen molar-refractivity contribution in [1.29, 1.82) is 0 Å². The minimum Gasteiger partial charge on any atom is -0.311 e. The lowest BCUT2D eigenvalue weighted by molar-refractivity contribution is 1.28. The number of rotatable bonds is 7. The Kier molecular flexibility index (Phi) is 7.63. The van der Waals surface area contributed by atoms with E-state index in [1.807, 2.05) is 0 Å². The third-order valence-corrected chi connectivity index (χ3v) is 8.87. The number of hydrogen-bond donors (Lipinski definition) is 0. The van der Waals surface area contributed by atoms with E-state index in [-0.39, 0.29) is 0 Å². The smallest absolute Gasteiger partial charge is 0.0462 e. The van der Waals surface area contributed by atoms with Crippen LogP contribution in [0, 0.1) is 0 Å². The van der Waals surface area contributed by atoms with Crippen molar-refractivity contribution in [1.82, 2.24) is 0 Å². The molecule has 0 saturated heterocycles. The van der Waals surface area contributed by atoms with Gasteiger partial charge >= 0.3 is 0 Å². The van der Waals surface area contributed by atoms with E-state index in [1.54, 1.807) is 0 Å². The Hall–Kier alpha value is -6.18. The van der Waals surface area contributed by atoms with Crippen molar-refractivity contribution >= 4 is 27.8 Å². The number of benzene rings is 8. The first-order valence-corrected chi connectivity index (χ1v) is 16.1. The molecule has 0 unspecified atom stereocenters. The molecule has 0 heterocycles. The molecule has 0 aliphatic heterocycles. The zero-order valence-corrected chi connectivity index (χ0v) is 26.0. The predicted molar refractivity (Wildman–Crippen MR) is 200 cm³/mol. The second-order valence-electron chi connectivity index (χ2n) is 11.8. The molecular formula is C46H33N. The third-order valence-electron chi connectivity index (χ3n) is 8.87. The van der Waals surface area contributed by atoms with E-state index in [9.17, 15) is 0 Å². The lowest BCUT2D eigenvalue weighted by Crippen LogP contribution is -2.09. The molecule has 0 spiro atoms. The first-order chi connectivity index (χ1) is 23.3. The largest absolute Gasteiger partial charge is 0.311 e. The molecule has 0 saturated carbocycles. The van der Waals surface area contributed by atoms with Crippen LogP contribution in [0.2, 0.25) is 0 Å². The van der Waals surface area contributed by atoms with Crippen LogP contribution in [0.3, 0.4) is 0 Å². The van der Waals surface area contributed by atoms with Gasteiger partial charge in [0.05, 0.1) is 0 Å². The minimum absolute atomic E-state index is 1.11. The minimum atomic E-state index is 1.11. The number of anilines is 3. The normalized spacial score (nSPS) is 11.0. The molecule has 0 bridgehead atoms. The van der Waals surface area contributed by atoms with Crippen LogP contribution in [0.15, 0.2) is 200 Å². The summed E-state index contributed by atoms with van der Waals surface area (Å²) in [5.41, 5.74) is 13.1. The lowest BCUT2D eigenvalue weighted by Gasteiger charge is -2.26. The Morgan fingerprint density at radius 1 is 0.255 bits per heavy atom. The van der Waals surface area contributed by atoms with Crippen LogP contribution in [-0.2, 0) is 0 Å². The van der Waals surface area contributed by atoms with E-state index in [2.05, 4.69) is 205 Å². The van der Waals surface area contributed by atoms with Gasteiger partial charge in [0, 0.05) is 17.1 Å². The Balaban J connectivity index is 1.16. The van der Waals surface area contributed by atoms with Gasteiger partial charge in [-0.15, -0.1) is 0 Å². The first kappa shape index (κ1) is 28.3. The lowest BCUT2D eigenvalue weighted by atomic mass is 9.93. The summed E-state index contributed by atoms with van der Waals surface area (Å²) in [6.07, 6.45) is 0. The van der Waals surface area contributed by atoms with Crippen molar-refractivity contribution in [3.05, 3.63) is 200 Å². The fourth-order valence-corrected chi connectivity index (χ4v) is 6.56. The van der Waals surface area contributed by atoms with Crippen molar-refractivity contribution < 1.29 is 0 Å². The van der Waals surface area contributed by atoms with E-state index in [1.165, 1.54) is 55.3 Å². The van der Waals surface area contributed by atoms with Gasteiger partial charge in [-0.1, -0.05) is 152 Å². The summed E-state index contributed by atoms with van der Waals surface area (Å²) in [6, 6.07) is 71.7. The summed E-state index contributed by atoms with van der Waals surface area (Å²) in [5, 5.41) is 2.51. The van der Waals surface area contributed by atoms with Crippen LogP contribution in [0.1, 0.15) is 0 Å². The Morgan fingerprint density at radius 3 is 1.28 bits per heavy atom. The van der Waals surface area contributed by atoms with Gasteiger partial charge in [0.15, 0.2) is 0 Å². The van der Waals surface area contributed by atoms with Gasteiger partial charge in [0.25, 0.3) is 0 Å². The fourth-order valence-electron chi connectivity index (χ4n) is 6.56. The van der Waals surface area contributed by atoms with Crippen molar-refractivity contribution in [2.75, 3.05) is 4.90 Å². The summed E-state index contributed by atoms with van der Waals surface area (Å²) < 4.78 is 0. The number of fused-ring (bicyclic) bond motifs is 1. The van der Waals surface area contributed by atoms with Gasteiger partial charge in [-0.2, -0.15) is 0 Å². The van der Waals surface area contributed by atoms with Gasteiger partial charge in [-0.05, 0) is 104 Å². The Bertz CT molecular complexity index is 2250. The second kappa shape index (κ2) is 12.7. The maximum Gasteiger partial charge on any atom is 0.0462 e. The van der Waals surface area contributed by atoms with Gasteiger partial charge in [-0.3, -0.25) is 0 Å². The van der Waals surface area contributed by atoms with E-state index in [4.69, 9.17) is 0 Å². The highest BCUT2D eigenvalue weighted by Gasteiger charge is 2.15. The zero-order chi connectivity index (χ0) is 31.4. The zero-order valence-electron chi connectivity index (χ0n) is 26.0. The van der Waals surface area contributed by atoms with E-state index in [0.717, 1.165) is 17.1 Å². The molecule has 0 aliphatic carbocycles. The van der Waals surface area contributed by atoms with Gasteiger partial charge < -0.3 is 4.90 Å². The summed E-state index contributed by atoms with van der Waals surface area (Å²) in [6.45, 7) is 0. The van der Waals surface area contributed by atoms with Gasteiger partial charge in [-0.25, -0.2) is 0 Å². The number of para-hydroxylation sites is 1. The van der Waals surface area contributed by atoms with E-state index < -0.39 is 0 Å². The molecule has 8 rings (SSSR count). The number of hydrogen-bond acceptors (Lipinski definition) is 1. The molecule has 8 aromatic carbocycles. The molecular weight excluding hydrogens is 567 g/mol. The molecule has 0 aromatic heterocycles. The molecule has 0 amide bonds. The molecule has 0 fully saturated rings. The SMILES string of the molecule is c1ccc(-c2ccccc2-c2ccc(N(c3ccccc3)c3ccc(-c4cc(-c5ccccc5)c5ccccc5c4)cc3)cc2)cc1. The molecule has 222 valence electrons. The molecule has 1 nitrogen and oxygen atoms in total. The maximum absolute atomic E-state index is 2.33. The van der Waals surface area contributed by atoms with Crippen molar-refractivity contribution in [2.45, 2.75) is 0 Å². The summed E-state index contributed by atoms with van der Waals surface area (Å²) in [5.74, 6) is 0. The Labute approximate surface area is 276 Å². The number of nitrogens with zero attached hydrogens (tertiary/aromatic N) is 1. The average Bonchev–Trinajstić information content (AvgIpc) is 3.16. The molecule has 0 radical (unpaired) electrons. The first-order valence-electron chi connectivity index (χ1n) is 16.1. The third kappa shape index (κ3) is 5.72. The highest BCUT2D eigenvalue weighted by molar-refractivity contribution is 6.00. The fraction of sp³-hybridized carbons (Fsp3) is 0. The van der Waals surface area contributed by atoms with Gasteiger partial charge in [0.2, 0.25) is 0 Å². The molecule has 0 aliphatic rings. The van der Waals surface area contributed by atoms with Crippen LogP contribution in [0.5, 0.6) is 0 Å². The van der Waals surface area contributed by atoms with E-state index >= 15 is 0 Å². The highest BCUT2D eigenvalue weighted by atomic mass is 15.1. The molecule has 1 heteroatoms. The summed E-state index contributed by atoms with van der Waals surface area (Å²) >= 11 is 0. The Morgan fingerprint density at radius 2 is 0.681 bits per heavy atom. The summed E-state index contributed by atoms with van der Waals surface area (Å²) in [4.78, 5) is 2.33. The average molecular weight is 600 g/mol. The molecule has 0 N–H and O–H groups in total. The van der Waals surface area contributed by atoms with Crippen LogP contribution in [0.4, 0.5) is 17.1 Å². The molecule has 8 aromatic rings. The topological polar surface area (TPSA) is 3.24 Å². The predicted octanol–water partition coefficient (Wildman–Crippen LogP) is 13.0. The maximum atomic E-state index is 2.33. The van der Waals surface area contributed by atoms with Crippen molar-refractivity contribution in [3.63, 3.8) is 0 Å². The van der Waals surface area contributed by atoms with Crippen LogP contribution < -0.4 is 4.90 Å². The molecule has 0 atom stereocenters. The second-order valence-corrected chi connectivity index (χ2v) is 11.8. The van der Waals surface area contributed by atoms with E-state index in [0.29, 0.717) is 0 Å². The van der Waals surface area contributed by atoms with Crippen LogP contribution >= 0.6 is 0 Å². The van der Waals surface area contributed by atoms with Crippen LogP contribution in [-0.4, -0.2) is 0 Å². The van der Waals surface area contributed by atoms with Crippen LogP contribution in [0.25, 0.3) is 55.3 Å². The monoisotopic (exact) mass is 599 g/mol. The standard InChI is InChI=1S/C46H33N/c1-4-14-35(15-5-1)43-21-12-13-22-44(43)37-26-30-42(31-27-37)47(40-19-8-3-9-20-40)41-28-24-34(25-29-41)39-32-38-18-10-11-23-45(38)46(33-39)36-16-6-2-7-17-36/h1-33H. The van der Waals surface area contributed by atoms with Gasteiger partial charge in [0.1, 0.15) is 0 Å². The quantitative estimate of drug-likeness (QED) is 0.176.